The fourth-order valence-corrected chi connectivity index (χ4v) is 15.6. The predicted octanol–water partition coefficient (Wildman–Crippen LogP) is 3.65. The summed E-state index contributed by atoms with van der Waals surface area (Å²) in [6, 6.07) is 8.46. The first-order chi connectivity index (χ1) is 19.7. The van der Waals surface area contributed by atoms with Crippen LogP contribution in [-0.4, -0.2) is 71.6 Å². The van der Waals surface area contributed by atoms with Gasteiger partial charge in [0.1, 0.15) is 11.3 Å². The second kappa shape index (κ2) is 11.5. The van der Waals surface area contributed by atoms with Crippen LogP contribution in [-0.2, 0) is 24.6 Å². The van der Waals surface area contributed by atoms with Crippen molar-refractivity contribution in [3.05, 3.63) is 29.8 Å². The van der Waals surface area contributed by atoms with Crippen molar-refractivity contribution in [1.29, 1.82) is 0 Å². The Morgan fingerprint density at radius 1 is 0.953 bits per heavy atom. The molecule has 0 N–H and O–H groups in total. The minimum atomic E-state index is -3.05. The number of ether oxygens (including phenoxy) is 3. The molecule has 2 saturated carbocycles. The lowest BCUT2D eigenvalue weighted by Crippen LogP contribution is -3.00. The molecule has 3 heterocycles. The van der Waals surface area contributed by atoms with Gasteiger partial charge in [0, 0.05) is 23.5 Å². The third kappa shape index (κ3) is 4.05. The van der Waals surface area contributed by atoms with E-state index in [1.165, 1.54) is 20.6 Å². The molecule has 5 atom stereocenters. The highest BCUT2D eigenvalue weighted by Gasteiger charge is 3.10. The van der Waals surface area contributed by atoms with Gasteiger partial charge in [-0.05, 0) is 65.2 Å². The van der Waals surface area contributed by atoms with Gasteiger partial charge in [0.2, 0.25) is 5.16 Å². The van der Waals surface area contributed by atoms with E-state index >= 15 is 0 Å². The number of esters is 2. The Kier molecular flexibility index (Phi) is 9.25. The predicted molar refractivity (Wildman–Crippen MR) is 168 cm³/mol. The zero-order valence-corrected chi connectivity index (χ0v) is 30.9. The molecule has 10 heteroatoms. The van der Waals surface area contributed by atoms with Gasteiger partial charge in [-0.2, -0.15) is 0 Å². The van der Waals surface area contributed by atoms with E-state index in [0.717, 1.165) is 42.7 Å². The summed E-state index contributed by atoms with van der Waals surface area (Å²) in [6.07, 6.45) is 5.43. The van der Waals surface area contributed by atoms with Crippen LogP contribution in [0.2, 0.25) is 0 Å². The maximum Gasteiger partial charge on any atom is 0.356 e. The highest BCUT2D eigenvalue weighted by atomic mass is 127. The Morgan fingerprint density at radius 2 is 1.49 bits per heavy atom. The molecule has 8 nitrogen and oxygen atoms in total. The molecule has 0 radical (unpaired) electrons. The molecule has 0 amide bonds. The minimum Gasteiger partial charge on any atom is -1.00 e. The molecule has 3 aliphatic heterocycles. The van der Waals surface area contributed by atoms with Gasteiger partial charge in [-0.1, -0.05) is 56.9 Å². The SMILES string of the molecule is COC(=O)C1(C)[C@@]2(C(=O)OC)[C@H]3C(C(C)(C)C)=N[P+]1(N(C(C)C)C(C)C)N(C1CCCCC1)C32c1ccc(OC)cc1.[I-]. The molecule has 3 unspecified atom stereocenters. The lowest BCUT2D eigenvalue weighted by atomic mass is 9.79. The summed E-state index contributed by atoms with van der Waals surface area (Å²) in [4.78, 5) is 29.4. The van der Waals surface area contributed by atoms with Gasteiger partial charge < -0.3 is 38.2 Å². The summed E-state index contributed by atoms with van der Waals surface area (Å²) in [5, 5.41) is -1.26. The van der Waals surface area contributed by atoms with E-state index in [1.807, 2.05) is 19.1 Å². The van der Waals surface area contributed by atoms with Crippen molar-refractivity contribution in [2.75, 3.05) is 21.3 Å². The fraction of sp³-hybridized carbons (Fsp3) is 0.727. The normalized spacial score (nSPS) is 33.7. The van der Waals surface area contributed by atoms with Crippen LogP contribution < -0.4 is 28.7 Å². The quantitative estimate of drug-likeness (QED) is 0.230. The molecular weight excluding hydrogens is 676 g/mol. The van der Waals surface area contributed by atoms with Gasteiger partial charge in [-0.15, -0.1) is 9.34 Å². The third-order valence-electron chi connectivity index (χ3n) is 10.6. The smallest absolute Gasteiger partial charge is 0.356 e. The van der Waals surface area contributed by atoms with Crippen molar-refractivity contribution in [3.63, 3.8) is 0 Å². The molecule has 3 fully saturated rings. The minimum absolute atomic E-state index is 0. The molecular formula is C33H51IN3O5P. The van der Waals surface area contributed by atoms with Crippen LogP contribution >= 0.6 is 7.71 Å². The van der Waals surface area contributed by atoms with Crippen molar-refractivity contribution in [1.82, 2.24) is 9.34 Å². The van der Waals surface area contributed by atoms with Gasteiger partial charge in [0.05, 0.1) is 33.0 Å². The number of carbonyl (C=O) groups excluding carboxylic acids is 2. The van der Waals surface area contributed by atoms with Crippen molar-refractivity contribution < 1.29 is 47.8 Å². The zero-order valence-electron chi connectivity index (χ0n) is 27.9. The van der Waals surface area contributed by atoms with Gasteiger partial charge in [-0.3, -0.25) is 4.79 Å². The lowest BCUT2D eigenvalue weighted by Gasteiger charge is -2.54. The molecule has 1 aromatic carbocycles. The number of rotatable bonds is 8. The molecule has 0 spiro atoms. The second-order valence-electron chi connectivity index (χ2n) is 14.3. The molecule has 1 saturated heterocycles. The van der Waals surface area contributed by atoms with Crippen LogP contribution in [0.25, 0.3) is 0 Å². The Morgan fingerprint density at radius 3 is 1.93 bits per heavy atom. The number of hydrogen-bond donors (Lipinski definition) is 0. The van der Waals surface area contributed by atoms with E-state index in [0.29, 0.717) is 0 Å². The maximum atomic E-state index is 14.8. The Labute approximate surface area is 276 Å². The van der Waals surface area contributed by atoms with Gasteiger partial charge >= 0.3 is 11.9 Å². The number of halogens is 1. The van der Waals surface area contributed by atoms with E-state index in [2.05, 4.69) is 69.9 Å². The van der Waals surface area contributed by atoms with Crippen molar-refractivity contribution in [3.8, 4) is 5.75 Å². The maximum absolute atomic E-state index is 14.8. The summed E-state index contributed by atoms with van der Waals surface area (Å²) in [7, 11) is 1.53. The summed E-state index contributed by atoms with van der Waals surface area (Å²) >= 11 is 0. The zero-order chi connectivity index (χ0) is 31.0. The average Bonchev–Trinajstić information content (AvgIpc) is 3.56. The molecule has 240 valence electrons. The van der Waals surface area contributed by atoms with E-state index in [9.17, 15) is 9.59 Å². The molecule has 43 heavy (non-hydrogen) atoms. The molecule has 2 aliphatic carbocycles. The Hall–Kier alpha value is -1.29. The number of methoxy groups -OCH3 is 3. The number of carbonyl (C=O) groups is 2. The molecule has 6 rings (SSSR count). The van der Waals surface area contributed by atoms with E-state index in [1.54, 1.807) is 7.11 Å². The average molecular weight is 728 g/mol. The van der Waals surface area contributed by atoms with Crippen LogP contribution in [0.4, 0.5) is 0 Å². The largest absolute Gasteiger partial charge is 1.00 e. The first-order valence-electron chi connectivity index (χ1n) is 15.6. The second-order valence-corrected chi connectivity index (χ2v) is 17.4. The van der Waals surface area contributed by atoms with E-state index < -0.39 is 23.8 Å². The van der Waals surface area contributed by atoms with Gasteiger partial charge in [0.15, 0.2) is 5.41 Å². The van der Waals surface area contributed by atoms with Crippen molar-refractivity contribution in [2.24, 2.45) is 21.5 Å². The molecule has 4 bridgehead atoms. The van der Waals surface area contributed by atoms with E-state index in [4.69, 9.17) is 19.0 Å². The summed E-state index contributed by atoms with van der Waals surface area (Å²) in [5.41, 5.74) is -0.313. The third-order valence-corrected chi connectivity index (χ3v) is 15.6. The van der Waals surface area contributed by atoms with Crippen LogP contribution in [0.3, 0.4) is 0 Å². The lowest BCUT2D eigenvalue weighted by molar-refractivity contribution is -0.158. The standard InChI is InChI=1S/C33H51N3O5P.HI/c1-21(2)35(22(3)4)42-31(8,28(37)40-10)32(29(38)41-11)26(27(34-42)30(5,6)7)33(32,23-17-19-25(39-9)20-18-23)36(42)24-15-13-12-14-16-24;/h17-22,24,26H,12-16H2,1-11H3;1H/q+1;/p-1/t26-,31?,32+,33?,42?;/m1./s1. The van der Waals surface area contributed by atoms with Crippen molar-refractivity contribution in [2.45, 2.75) is 116 Å². The summed E-state index contributed by atoms with van der Waals surface area (Å²) in [6.45, 7) is 17.3. The first-order valence-corrected chi connectivity index (χ1v) is 17.3. The van der Waals surface area contributed by atoms with E-state index in [-0.39, 0.29) is 65.4 Å². The highest BCUT2D eigenvalue weighted by Crippen LogP contribution is 3.02. The number of nitrogens with zero attached hydrogens (tertiary/aromatic N) is 3. The number of benzene rings is 1. The molecule has 1 aromatic rings. The molecule has 0 aromatic heterocycles. The summed E-state index contributed by atoms with van der Waals surface area (Å²) < 4.78 is 28.2. The first kappa shape index (κ1) is 34.6. The fourth-order valence-electron chi connectivity index (χ4n) is 9.40. The van der Waals surface area contributed by atoms with Crippen LogP contribution in [0.5, 0.6) is 5.75 Å². The van der Waals surface area contributed by atoms with Crippen molar-refractivity contribution >= 4 is 25.4 Å². The van der Waals surface area contributed by atoms with Gasteiger partial charge in [-0.25, -0.2) is 4.79 Å². The monoisotopic (exact) mass is 727 g/mol. The van der Waals surface area contributed by atoms with Crippen LogP contribution in [0.1, 0.15) is 93.1 Å². The Balaban J connectivity index is 0.00000423. The van der Waals surface area contributed by atoms with Crippen LogP contribution in [0, 0.1) is 16.7 Å². The molecule has 5 aliphatic rings. The Bertz CT molecular complexity index is 1270. The van der Waals surface area contributed by atoms with Gasteiger partial charge in [0.25, 0.3) is 7.71 Å². The topological polar surface area (TPSA) is 80.7 Å². The summed E-state index contributed by atoms with van der Waals surface area (Å²) in [5.74, 6) is -0.298. The highest BCUT2D eigenvalue weighted by molar-refractivity contribution is 7.73. The van der Waals surface area contributed by atoms with Crippen LogP contribution in [0.15, 0.2) is 29.0 Å². The number of hydrogen-bond acceptors (Lipinski definition) is 8.